The van der Waals surface area contributed by atoms with E-state index in [9.17, 15) is 9.90 Å². The minimum absolute atomic E-state index is 0.210. The second kappa shape index (κ2) is 5.41. The summed E-state index contributed by atoms with van der Waals surface area (Å²) >= 11 is 1.85. The summed E-state index contributed by atoms with van der Waals surface area (Å²) in [5, 5.41) is 9.17. The molecule has 1 aliphatic rings. The molecular formula is C14H21NO2S. The van der Waals surface area contributed by atoms with E-state index >= 15 is 0 Å². The lowest BCUT2D eigenvalue weighted by Crippen LogP contribution is -2.25. The summed E-state index contributed by atoms with van der Waals surface area (Å²) in [5.41, 5.74) is 0. The molecule has 3 nitrogen and oxygen atoms in total. The summed E-state index contributed by atoms with van der Waals surface area (Å²) < 4.78 is 0. The Labute approximate surface area is 112 Å². The van der Waals surface area contributed by atoms with Gasteiger partial charge in [0, 0.05) is 28.9 Å². The molecule has 0 aromatic carbocycles. The zero-order valence-corrected chi connectivity index (χ0v) is 12.0. The van der Waals surface area contributed by atoms with Gasteiger partial charge in [0.15, 0.2) is 0 Å². The first-order chi connectivity index (χ1) is 8.52. The van der Waals surface area contributed by atoms with Crippen LogP contribution in [0.5, 0.6) is 0 Å². The molecule has 3 unspecified atom stereocenters. The molecule has 1 fully saturated rings. The van der Waals surface area contributed by atoms with Gasteiger partial charge in [-0.05, 0) is 31.4 Å². The molecule has 0 spiro atoms. The summed E-state index contributed by atoms with van der Waals surface area (Å²) in [5.74, 6) is -0.619. The third-order valence-electron chi connectivity index (χ3n) is 3.95. The first-order valence-corrected chi connectivity index (χ1v) is 7.40. The number of thiophene rings is 1. The van der Waals surface area contributed by atoms with Gasteiger partial charge >= 0.3 is 5.97 Å². The second-order valence-electron chi connectivity index (χ2n) is 5.21. The highest BCUT2D eigenvalue weighted by Crippen LogP contribution is 2.34. The van der Waals surface area contributed by atoms with Crippen LogP contribution in [0, 0.1) is 11.8 Å². The fraction of sp³-hybridized carbons (Fsp3) is 0.643. The summed E-state index contributed by atoms with van der Waals surface area (Å²) in [6.45, 7) is 7.95. The minimum Gasteiger partial charge on any atom is -0.481 e. The Kier molecular flexibility index (Phi) is 4.07. The fourth-order valence-corrected chi connectivity index (χ4v) is 3.67. The second-order valence-corrected chi connectivity index (χ2v) is 6.41. The largest absolute Gasteiger partial charge is 0.481 e. The van der Waals surface area contributed by atoms with Gasteiger partial charge in [0.1, 0.15) is 0 Å². The van der Waals surface area contributed by atoms with Crippen molar-refractivity contribution in [1.29, 1.82) is 0 Å². The van der Waals surface area contributed by atoms with Gasteiger partial charge in [-0.15, -0.1) is 11.3 Å². The van der Waals surface area contributed by atoms with E-state index < -0.39 is 5.97 Å². The number of hydrogen-bond donors (Lipinski definition) is 1. The van der Waals surface area contributed by atoms with Crippen molar-refractivity contribution in [2.75, 3.05) is 13.1 Å². The molecule has 2 heterocycles. The van der Waals surface area contributed by atoms with Gasteiger partial charge in [0.05, 0.1) is 5.92 Å². The molecule has 1 N–H and O–H groups in total. The number of rotatable bonds is 4. The Balaban J connectivity index is 2.06. The maximum Gasteiger partial charge on any atom is 0.308 e. The van der Waals surface area contributed by atoms with Gasteiger partial charge < -0.3 is 5.11 Å². The highest BCUT2D eigenvalue weighted by Gasteiger charge is 2.37. The standard InChI is InChI=1S/C14H21NO2S/c1-4-11-5-6-13(18-11)10(3)15-7-9(2)12(8-15)14(16)17/h5-6,9-10,12H,4,7-8H2,1-3H3,(H,16,17). The van der Waals surface area contributed by atoms with E-state index in [0.717, 1.165) is 13.0 Å². The zero-order valence-electron chi connectivity index (χ0n) is 11.2. The van der Waals surface area contributed by atoms with Gasteiger partial charge in [-0.25, -0.2) is 0 Å². The molecule has 18 heavy (non-hydrogen) atoms. The SMILES string of the molecule is CCc1ccc(C(C)N2CC(C)C(C(=O)O)C2)s1. The first-order valence-electron chi connectivity index (χ1n) is 6.58. The Hall–Kier alpha value is -0.870. The molecule has 0 aliphatic carbocycles. The van der Waals surface area contributed by atoms with Crippen LogP contribution in [0.1, 0.15) is 36.6 Å². The molecule has 0 saturated carbocycles. The number of likely N-dealkylation sites (tertiary alicyclic amines) is 1. The van der Waals surface area contributed by atoms with E-state index in [4.69, 9.17) is 0 Å². The maximum absolute atomic E-state index is 11.1. The molecule has 0 radical (unpaired) electrons. The lowest BCUT2D eigenvalue weighted by Gasteiger charge is -2.23. The van der Waals surface area contributed by atoms with Crippen LogP contribution in [-0.2, 0) is 11.2 Å². The van der Waals surface area contributed by atoms with E-state index in [0.29, 0.717) is 12.6 Å². The molecule has 1 aromatic rings. The normalized spacial score (nSPS) is 26.4. The minimum atomic E-state index is -0.655. The van der Waals surface area contributed by atoms with Crippen LogP contribution >= 0.6 is 11.3 Å². The Morgan fingerprint density at radius 1 is 1.56 bits per heavy atom. The number of aliphatic carboxylic acids is 1. The van der Waals surface area contributed by atoms with Crippen molar-refractivity contribution in [2.24, 2.45) is 11.8 Å². The van der Waals surface area contributed by atoms with Gasteiger partial charge in [-0.2, -0.15) is 0 Å². The third kappa shape index (κ3) is 2.59. The average Bonchev–Trinajstić information content (AvgIpc) is 2.94. The smallest absolute Gasteiger partial charge is 0.308 e. The lowest BCUT2D eigenvalue weighted by atomic mass is 9.99. The van der Waals surface area contributed by atoms with Crippen LogP contribution in [0.4, 0.5) is 0 Å². The number of carboxylic acid groups (broad SMARTS) is 1. The predicted octanol–water partition coefficient (Wildman–Crippen LogP) is 3.02. The maximum atomic E-state index is 11.1. The monoisotopic (exact) mass is 267 g/mol. The number of aryl methyl sites for hydroxylation is 1. The molecule has 100 valence electrons. The van der Waals surface area contributed by atoms with Crippen molar-refractivity contribution < 1.29 is 9.90 Å². The Morgan fingerprint density at radius 3 is 2.78 bits per heavy atom. The zero-order chi connectivity index (χ0) is 13.3. The van der Waals surface area contributed by atoms with Crippen molar-refractivity contribution in [3.05, 3.63) is 21.9 Å². The van der Waals surface area contributed by atoms with E-state index in [1.165, 1.54) is 9.75 Å². The molecule has 0 amide bonds. The van der Waals surface area contributed by atoms with Crippen LogP contribution in [0.15, 0.2) is 12.1 Å². The summed E-state index contributed by atoms with van der Waals surface area (Å²) in [7, 11) is 0. The molecular weight excluding hydrogens is 246 g/mol. The molecule has 1 aliphatic heterocycles. The van der Waals surface area contributed by atoms with Gasteiger partial charge in [0.2, 0.25) is 0 Å². The van der Waals surface area contributed by atoms with Crippen LogP contribution in [0.3, 0.4) is 0 Å². The summed E-state index contributed by atoms with van der Waals surface area (Å²) in [6.07, 6.45) is 1.07. The lowest BCUT2D eigenvalue weighted by molar-refractivity contribution is -0.142. The van der Waals surface area contributed by atoms with Crippen molar-refractivity contribution in [2.45, 2.75) is 33.2 Å². The Bertz CT molecular complexity index is 429. The third-order valence-corrected chi connectivity index (χ3v) is 5.35. The highest BCUT2D eigenvalue weighted by atomic mass is 32.1. The highest BCUT2D eigenvalue weighted by molar-refractivity contribution is 7.12. The number of nitrogens with zero attached hydrogens (tertiary/aromatic N) is 1. The molecule has 3 atom stereocenters. The molecule has 1 saturated heterocycles. The Morgan fingerprint density at radius 2 is 2.28 bits per heavy atom. The predicted molar refractivity (Wildman–Crippen MR) is 74.0 cm³/mol. The average molecular weight is 267 g/mol. The molecule has 2 rings (SSSR count). The van der Waals surface area contributed by atoms with E-state index in [1.54, 1.807) is 0 Å². The number of carboxylic acids is 1. The van der Waals surface area contributed by atoms with E-state index in [-0.39, 0.29) is 11.8 Å². The quantitative estimate of drug-likeness (QED) is 0.911. The van der Waals surface area contributed by atoms with Crippen LogP contribution in [0.2, 0.25) is 0 Å². The number of hydrogen-bond acceptors (Lipinski definition) is 3. The van der Waals surface area contributed by atoms with E-state index in [1.807, 2.05) is 18.3 Å². The molecule has 0 bridgehead atoms. The van der Waals surface area contributed by atoms with Crippen molar-refractivity contribution in [1.82, 2.24) is 4.90 Å². The van der Waals surface area contributed by atoms with Gasteiger partial charge in [0.25, 0.3) is 0 Å². The van der Waals surface area contributed by atoms with Gasteiger partial charge in [-0.1, -0.05) is 13.8 Å². The first kappa shape index (κ1) is 13.6. The van der Waals surface area contributed by atoms with Gasteiger partial charge in [-0.3, -0.25) is 9.69 Å². The van der Waals surface area contributed by atoms with Crippen molar-refractivity contribution in [3.63, 3.8) is 0 Å². The molecule has 4 heteroatoms. The fourth-order valence-electron chi connectivity index (χ4n) is 2.63. The topological polar surface area (TPSA) is 40.5 Å². The van der Waals surface area contributed by atoms with Crippen molar-refractivity contribution in [3.8, 4) is 0 Å². The van der Waals surface area contributed by atoms with Crippen molar-refractivity contribution >= 4 is 17.3 Å². The summed E-state index contributed by atoms with van der Waals surface area (Å²) in [4.78, 5) is 16.2. The molecule has 1 aromatic heterocycles. The van der Waals surface area contributed by atoms with Crippen LogP contribution in [-0.4, -0.2) is 29.1 Å². The summed E-state index contributed by atoms with van der Waals surface area (Å²) in [6, 6.07) is 4.71. The van der Waals surface area contributed by atoms with Crippen LogP contribution in [0.25, 0.3) is 0 Å². The van der Waals surface area contributed by atoms with Crippen LogP contribution < -0.4 is 0 Å². The van der Waals surface area contributed by atoms with E-state index in [2.05, 4.69) is 30.9 Å². The number of carbonyl (C=O) groups is 1.